The highest BCUT2D eigenvalue weighted by Gasteiger charge is 2.36. The van der Waals surface area contributed by atoms with Gasteiger partial charge >= 0.3 is 0 Å². The number of carbonyl (C=O) groups excluding carboxylic acids is 3. The van der Waals surface area contributed by atoms with Gasteiger partial charge in [-0.05, 0) is 38.1 Å². The monoisotopic (exact) mass is 413 g/mol. The standard InChI is InChI=1S/C25H23N3O3/c1-16(2)13-17(15-28-24(30)19-9-3-4-10-20(19)25(28)31)14-22(29)27-21-11-5-7-18-8-6-12-26-23(18)21/h3-13,17H,14-15H2,1-2H3,(H,27,29)/t17-/m0/s1. The van der Waals surface area contributed by atoms with Crippen molar-refractivity contribution >= 4 is 34.3 Å². The Morgan fingerprint density at radius 3 is 2.35 bits per heavy atom. The molecule has 0 spiro atoms. The number of anilines is 1. The number of amides is 3. The van der Waals surface area contributed by atoms with Crippen LogP contribution in [0.4, 0.5) is 5.69 Å². The normalized spacial score (nSPS) is 13.8. The van der Waals surface area contributed by atoms with Gasteiger partial charge in [0.1, 0.15) is 0 Å². The molecule has 1 aliphatic rings. The van der Waals surface area contributed by atoms with E-state index in [2.05, 4.69) is 10.3 Å². The van der Waals surface area contributed by atoms with Crippen molar-refractivity contribution in [2.45, 2.75) is 20.3 Å². The average Bonchev–Trinajstić information content (AvgIpc) is 2.98. The summed E-state index contributed by atoms with van der Waals surface area (Å²) in [7, 11) is 0. The van der Waals surface area contributed by atoms with Crippen molar-refractivity contribution in [3.8, 4) is 0 Å². The molecule has 1 atom stereocenters. The number of allylic oxidation sites excluding steroid dienone is 1. The van der Waals surface area contributed by atoms with Crippen LogP contribution in [-0.4, -0.2) is 34.2 Å². The second-order valence-corrected chi connectivity index (χ2v) is 7.90. The molecule has 6 heteroatoms. The van der Waals surface area contributed by atoms with Gasteiger partial charge in [0.2, 0.25) is 5.91 Å². The number of nitrogens with zero attached hydrogens (tertiary/aromatic N) is 2. The van der Waals surface area contributed by atoms with Gasteiger partial charge in [-0.1, -0.05) is 42.0 Å². The predicted molar refractivity (Wildman–Crippen MR) is 120 cm³/mol. The molecule has 31 heavy (non-hydrogen) atoms. The lowest BCUT2D eigenvalue weighted by Crippen LogP contribution is -2.35. The summed E-state index contributed by atoms with van der Waals surface area (Å²) in [5.41, 5.74) is 3.20. The van der Waals surface area contributed by atoms with Gasteiger partial charge in [-0.15, -0.1) is 0 Å². The number of carbonyl (C=O) groups is 3. The van der Waals surface area contributed by atoms with E-state index in [9.17, 15) is 14.4 Å². The van der Waals surface area contributed by atoms with Gasteiger partial charge in [0.25, 0.3) is 11.8 Å². The van der Waals surface area contributed by atoms with Crippen LogP contribution in [0, 0.1) is 5.92 Å². The average molecular weight is 413 g/mol. The van der Waals surface area contributed by atoms with E-state index in [0.29, 0.717) is 16.8 Å². The fraction of sp³-hybridized carbons (Fsp3) is 0.200. The molecule has 1 N–H and O–H groups in total. The third-order valence-corrected chi connectivity index (χ3v) is 5.22. The van der Waals surface area contributed by atoms with Crippen LogP contribution in [0.15, 0.2) is 72.4 Å². The second-order valence-electron chi connectivity index (χ2n) is 7.90. The van der Waals surface area contributed by atoms with E-state index in [1.807, 2.05) is 50.3 Å². The molecule has 1 aromatic heterocycles. The quantitative estimate of drug-likeness (QED) is 0.479. The minimum atomic E-state index is -0.314. The third-order valence-electron chi connectivity index (χ3n) is 5.22. The molecule has 2 heterocycles. The van der Waals surface area contributed by atoms with Crippen LogP contribution in [0.3, 0.4) is 0 Å². The number of nitrogens with one attached hydrogen (secondary N) is 1. The zero-order chi connectivity index (χ0) is 22.0. The predicted octanol–water partition coefficient (Wildman–Crippen LogP) is 4.44. The lowest BCUT2D eigenvalue weighted by atomic mass is 10.0. The smallest absolute Gasteiger partial charge is 0.261 e. The number of imide groups is 1. The number of benzene rings is 2. The minimum Gasteiger partial charge on any atom is -0.324 e. The molecule has 1 aliphatic heterocycles. The first-order valence-corrected chi connectivity index (χ1v) is 10.2. The summed E-state index contributed by atoms with van der Waals surface area (Å²) in [6, 6.07) is 16.2. The van der Waals surface area contributed by atoms with Crippen molar-refractivity contribution in [3.05, 3.63) is 83.6 Å². The van der Waals surface area contributed by atoms with Gasteiger partial charge in [0.05, 0.1) is 22.3 Å². The van der Waals surface area contributed by atoms with E-state index >= 15 is 0 Å². The SMILES string of the molecule is CC(C)=C[C@@H](CC(=O)Nc1cccc2cccnc12)CN1C(=O)c2ccccc2C1=O. The van der Waals surface area contributed by atoms with Crippen molar-refractivity contribution in [2.24, 2.45) is 5.92 Å². The van der Waals surface area contributed by atoms with E-state index in [-0.39, 0.29) is 36.6 Å². The molecule has 0 aliphatic carbocycles. The number of rotatable bonds is 6. The highest BCUT2D eigenvalue weighted by atomic mass is 16.2. The zero-order valence-corrected chi connectivity index (χ0v) is 17.5. The van der Waals surface area contributed by atoms with E-state index in [1.54, 1.807) is 30.5 Å². The number of hydrogen-bond donors (Lipinski definition) is 1. The number of pyridine rings is 1. The summed E-state index contributed by atoms with van der Waals surface area (Å²) in [4.78, 5) is 43.9. The molecule has 2 aromatic carbocycles. The van der Waals surface area contributed by atoms with E-state index in [0.717, 1.165) is 16.5 Å². The molecule has 6 nitrogen and oxygen atoms in total. The fourth-order valence-electron chi connectivity index (χ4n) is 3.93. The van der Waals surface area contributed by atoms with Crippen LogP contribution in [0.1, 0.15) is 41.0 Å². The molecule has 0 saturated heterocycles. The first kappa shape index (κ1) is 20.5. The van der Waals surface area contributed by atoms with Crippen molar-refractivity contribution < 1.29 is 14.4 Å². The van der Waals surface area contributed by atoms with Crippen LogP contribution in [0.25, 0.3) is 10.9 Å². The topological polar surface area (TPSA) is 79.4 Å². The molecular formula is C25H23N3O3. The molecular weight excluding hydrogens is 390 g/mol. The van der Waals surface area contributed by atoms with E-state index in [1.165, 1.54) is 4.90 Å². The molecule has 0 radical (unpaired) electrons. The van der Waals surface area contributed by atoms with Gasteiger partial charge in [-0.2, -0.15) is 0 Å². The van der Waals surface area contributed by atoms with Crippen LogP contribution < -0.4 is 5.32 Å². The summed E-state index contributed by atoms with van der Waals surface area (Å²) in [6.45, 7) is 4.02. The minimum absolute atomic E-state index is 0.141. The van der Waals surface area contributed by atoms with Crippen LogP contribution in [0.5, 0.6) is 0 Å². The van der Waals surface area contributed by atoms with Crippen molar-refractivity contribution in [1.82, 2.24) is 9.88 Å². The van der Waals surface area contributed by atoms with Gasteiger partial charge < -0.3 is 5.32 Å². The summed E-state index contributed by atoms with van der Waals surface area (Å²) in [5, 5.41) is 3.87. The highest BCUT2D eigenvalue weighted by Crippen LogP contribution is 2.26. The van der Waals surface area contributed by atoms with Gasteiger partial charge in [0.15, 0.2) is 0 Å². The van der Waals surface area contributed by atoms with E-state index < -0.39 is 0 Å². The molecule has 4 rings (SSSR count). The maximum absolute atomic E-state index is 12.8. The first-order valence-electron chi connectivity index (χ1n) is 10.2. The molecule has 0 unspecified atom stereocenters. The van der Waals surface area contributed by atoms with Crippen LogP contribution >= 0.6 is 0 Å². The molecule has 3 aromatic rings. The number of aromatic nitrogens is 1. The Hall–Kier alpha value is -3.80. The molecule has 0 bridgehead atoms. The molecule has 3 amide bonds. The Balaban J connectivity index is 1.51. The Kier molecular flexibility index (Phi) is 5.62. The lowest BCUT2D eigenvalue weighted by Gasteiger charge is -2.20. The summed E-state index contributed by atoms with van der Waals surface area (Å²) in [6.07, 6.45) is 3.76. The Bertz CT molecular complexity index is 1170. The van der Waals surface area contributed by atoms with E-state index in [4.69, 9.17) is 0 Å². The van der Waals surface area contributed by atoms with Crippen LogP contribution in [-0.2, 0) is 4.79 Å². The Morgan fingerprint density at radius 2 is 1.68 bits per heavy atom. The fourth-order valence-corrected chi connectivity index (χ4v) is 3.93. The largest absolute Gasteiger partial charge is 0.324 e. The molecule has 0 saturated carbocycles. The number of hydrogen-bond acceptors (Lipinski definition) is 4. The molecule has 156 valence electrons. The van der Waals surface area contributed by atoms with Crippen LogP contribution in [0.2, 0.25) is 0 Å². The van der Waals surface area contributed by atoms with Gasteiger partial charge in [0, 0.05) is 30.5 Å². The summed E-state index contributed by atoms with van der Waals surface area (Å²) >= 11 is 0. The third kappa shape index (κ3) is 4.23. The summed E-state index contributed by atoms with van der Waals surface area (Å²) < 4.78 is 0. The Morgan fingerprint density at radius 1 is 1.00 bits per heavy atom. The zero-order valence-electron chi connectivity index (χ0n) is 17.5. The first-order chi connectivity index (χ1) is 14.9. The number of fused-ring (bicyclic) bond motifs is 2. The van der Waals surface area contributed by atoms with Crippen molar-refractivity contribution in [3.63, 3.8) is 0 Å². The number of para-hydroxylation sites is 1. The van der Waals surface area contributed by atoms with Gasteiger partial charge in [-0.25, -0.2) is 0 Å². The Labute approximate surface area is 180 Å². The maximum Gasteiger partial charge on any atom is 0.261 e. The second kappa shape index (κ2) is 8.52. The highest BCUT2D eigenvalue weighted by molar-refractivity contribution is 6.21. The summed E-state index contributed by atoms with van der Waals surface area (Å²) in [5.74, 6) is -1.12. The maximum atomic E-state index is 12.8. The lowest BCUT2D eigenvalue weighted by molar-refractivity contribution is -0.116. The molecule has 0 fully saturated rings. The van der Waals surface area contributed by atoms with Crippen molar-refractivity contribution in [1.29, 1.82) is 0 Å². The van der Waals surface area contributed by atoms with Crippen molar-refractivity contribution in [2.75, 3.05) is 11.9 Å². The van der Waals surface area contributed by atoms with Gasteiger partial charge in [-0.3, -0.25) is 24.3 Å².